The van der Waals surface area contributed by atoms with Crippen LogP contribution in [0.4, 0.5) is 43.8 Å². The second-order valence-corrected chi connectivity index (χ2v) is 18.2. The molecular weight excluding hydrogens is 893 g/mol. The van der Waals surface area contributed by atoms with Gasteiger partial charge in [-0.2, -0.15) is 23.1 Å². The zero-order valence-electron chi connectivity index (χ0n) is 37.8. The number of halogens is 6. The first kappa shape index (κ1) is 45.2. The van der Waals surface area contributed by atoms with Crippen molar-refractivity contribution in [3.63, 3.8) is 0 Å². The number of nitrogens with zero attached hydrogens (tertiary/aromatic N) is 8. The third kappa shape index (κ3) is 7.96. The van der Waals surface area contributed by atoms with Crippen molar-refractivity contribution < 1.29 is 45.3 Å². The summed E-state index contributed by atoms with van der Waals surface area (Å²) in [5.74, 6) is -2.42. The Hall–Kier alpha value is -6.63. The summed E-state index contributed by atoms with van der Waals surface area (Å²) in [6.07, 6.45) is -2.05. The third-order valence-electron chi connectivity index (χ3n) is 14.0. The summed E-state index contributed by atoms with van der Waals surface area (Å²) < 4.78 is 117. The normalized spacial score (nSPS) is 21.1. The van der Waals surface area contributed by atoms with Gasteiger partial charge in [-0.05, 0) is 87.2 Å². The standard InChI is InChI=1S/C49H49F6N9O4/c1-28-38(49(53,54)55)35(21-36(58-28)62(22-30-8-12-32(65-3)13-9-30)23-31-10-14-33(66-4)15-11-31)40-39(50)41-37-43(64(19-20-67-44(37)59-40)29(2)34-7-5-17-57-42(34)56)61-45(60-41)68-27-47-16-6-18-63(47)26-46(24-47)25-48(46,51)52/h5,7-15,17,21,29H,6,16,18-20,22-27H2,1-4H3,(H2,56,57)/t29-,46-,47+/m1/s1. The molecule has 13 nitrogen and oxygen atoms in total. The van der Waals surface area contributed by atoms with Gasteiger partial charge in [0.05, 0.1) is 49.0 Å². The van der Waals surface area contributed by atoms with Crippen LogP contribution in [0.2, 0.25) is 0 Å². The smallest absolute Gasteiger partial charge is 0.418 e. The summed E-state index contributed by atoms with van der Waals surface area (Å²) in [5.41, 5.74) is 3.44. The molecule has 2 aromatic carbocycles. The van der Waals surface area contributed by atoms with Crippen molar-refractivity contribution in [2.45, 2.75) is 76.3 Å². The molecule has 0 amide bonds. The first-order chi connectivity index (χ1) is 32.5. The van der Waals surface area contributed by atoms with Crippen molar-refractivity contribution in [2.24, 2.45) is 5.41 Å². The van der Waals surface area contributed by atoms with Crippen LogP contribution in [-0.2, 0) is 19.3 Å². The van der Waals surface area contributed by atoms with E-state index >= 15 is 17.6 Å². The second-order valence-electron chi connectivity index (χ2n) is 18.2. The fourth-order valence-electron chi connectivity index (χ4n) is 10.5. The van der Waals surface area contributed by atoms with E-state index in [0.717, 1.165) is 17.5 Å². The molecule has 3 aliphatic heterocycles. The highest BCUT2D eigenvalue weighted by molar-refractivity contribution is 5.97. The fourth-order valence-corrected chi connectivity index (χ4v) is 10.5. The van der Waals surface area contributed by atoms with Crippen molar-refractivity contribution >= 4 is 28.4 Å². The molecule has 0 radical (unpaired) electrons. The number of nitrogen functional groups attached to an aromatic ring is 1. The van der Waals surface area contributed by atoms with Gasteiger partial charge in [-0.25, -0.2) is 28.1 Å². The molecule has 68 heavy (non-hydrogen) atoms. The number of ether oxygens (including phenoxy) is 4. The molecular formula is C49H49F6N9O4. The molecule has 6 aromatic rings. The van der Waals surface area contributed by atoms with Gasteiger partial charge in [0.1, 0.15) is 58.8 Å². The minimum atomic E-state index is -5.01. The molecule has 1 spiro atoms. The largest absolute Gasteiger partial charge is 0.497 e. The number of pyridine rings is 3. The van der Waals surface area contributed by atoms with Crippen LogP contribution in [0, 0.1) is 18.2 Å². The zero-order valence-corrected chi connectivity index (χ0v) is 37.8. The first-order valence-electron chi connectivity index (χ1n) is 22.4. The molecule has 1 aliphatic carbocycles. The van der Waals surface area contributed by atoms with Crippen LogP contribution >= 0.6 is 0 Å². The molecule has 3 fully saturated rings. The number of benzene rings is 2. The van der Waals surface area contributed by atoms with Crippen molar-refractivity contribution in [3.8, 4) is 34.6 Å². The number of methoxy groups -OCH3 is 2. The van der Waals surface area contributed by atoms with Gasteiger partial charge in [0.2, 0.25) is 5.88 Å². The fraction of sp³-hybridized carbons (Fsp3) is 0.408. The number of anilines is 3. The van der Waals surface area contributed by atoms with Crippen molar-refractivity contribution in [3.05, 3.63) is 107 Å². The Morgan fingerprint density at radius 3 is 2.21 bits per heavy atom. The third-order valence-corrected chi connectivity index (χ3v) is 14.0. The average Bonchev–Trinajstić information content (AvgIpc) is 3.51. The van der Waals surface area contributed by atoms with E-state index < -0.39 is 62.9 Å². The number of rotatable bonds is 13. The van der Waals surface area contributed by atoms with Crippen LogP contribution in [0.15, 0.2) is 72.9 Å². The van der Waals surface area contributed by atoms with Gasteiger partial charge in [-0.15, -0.1) is 0 Å². The van der Waals surface area contributed by atoms with E-state index in [1.807, 2.05) is 41.0 Å². The summed E-state index contributed by atoms with van der Waals surface area (Å²) in [6, 6.07) is 18.4. The van der Waals surface area contributed by atoms with Crippen LogP contribution in [0.3, 0.4) is 0 Å². The lowest BCUT2D eigenvalue weighted by molar-refractivity contribution is -0.137. The number of hydrogen-bond acceptors (Lipinski definition) is 13. The Morgan fingerprint density at radius 1 is 0.912 bits per heavy atom. The van der Waals surface area contributed by atoms with E-state index in [4.69, 9.17) is 29.7 Å². The topological polar surface area (TPSA) is 137 Å². The summed E-state index contributed by atoms with van der Waals surface area (Å²) in [5, 5.41) is 0.00343. The summed E-state index contributed by atoms with van der Waals surface area (Å²) in [6.45, 7) is 4.39. The Bertz CT molecular complexity index is 2840. The van der Waals surface area contributed by atoms with E-state index in [0.29, 0.717) is 30.0 Å². The average molecular weight is 942 g/mol. The summed E-state index contributed by atoms with van der Waals surface area (Å²) >= 11 is 0. The lowest BCUT2D eigenvalue weighted by Gasteiger charge is -2.32. The van der Waals surface area contributed by atoms with Gasteiger partial charge in [0.15, 0.2) is 5.82 Å². The Kier molecular flexibility index (Phi) is 11.2. The number of aryl methyl sites for hydroxylation is 1. The molecule has 0 unspecified atom stereocenters. The number of aromatic nitrogens is 5. The van der Waals surface area contributed by atoms with Crippen molar-refractivity contribution in [2.75, 3.05) is 62.6 Å². The van der Waals surface area contributed by atoms with Gasteiger partial charge < -0.3 is 34.5 Å². The zero-order chi connectivity index (χ0) is 47.8. The van der Waals surface area contributed by atoms with Crippen molar-refractivity contribution in [1.29, 1.82) is 0 Å². The number of nitrogens with two attached hydrogens (primary N) is 1. The SMILES string of the molecule is COc1ccc(CN(Cc2ccc(OC)cc2)c2cc(-c3nc4c5c(nc(OC[C@@]67CCCN6C[C@]6(CC6(F)F)C7)nc5c3F)N([C@H](C)c3cccnc3N)CCO4)c(C(F)(F)F)c(C)n2)cc1. The Balaban J connectivity index is 1.12. The highest BCUT2D eigenvalue weighted by atomic mass is 19.4. The predicted molar refractivity (Wildman–Crippen MR) is 242 cm³/mol. The van der Waals surface area contributed by atoms with Crippen LogP contribution in [0.25, 0.3) is 22.2 Å². The van der Waals surface area contributed by atoms with E-state index in [-0.39, 0.29) is 87.0 Å². The minimum Gasteiger partial charge on any atom is -0.497 e. The molecule has 0 bridgehead atoms. The maximum Gasteiger partial charge on any atom is 0.418 e. The molecule has 19 heteroatoms. The van der Waals surface area contributed by atoms with Gasteiger partial charge in [-0.1, -0.05) is 30.3 Å². The first-order valence-corrected chi connectivity index (χ1v) is 22.4. The predicted octanol–water partition coefficient (Wildman–Crippen LogP) is 9.36. The van der Waals surface area contributed by atoms with Gasteiger partial charge in [0, 0.05) is 43.4 Å². The van der Waals surface area contributed by atoms with Gasteiger partial charge in [0.25, 0.3) is 5.92 Å². The monoisotopic (exact) mass is 941 g/mol. The molecule has 10 rings (SSSR count). The van der Waals surface area contributed by atoms with Crippen LogP contribution in [-0.4, -0.2) is 88.3 Å². The number of fused-ring (bicyclic) bond motifs is 1. The van der Waals surface area contributed by atoms with Gasteiger partial charge >= 0.3 is 12.2 Å². The highest BCUT2D eigenvalue weighted by Crippen LogP contribution is 2.69. The molecule has 4 aliphatic rings. The highest BCUT2D eigenvalue weighted by Gasteiger charge is 2.77. The van der Waals surface area contributed by atoms with Crippen LogP contribution in [0.1, 0.15) is 66.6 Å². The Labute approximate surface area is 388 Å². The summed E-state index contributed by atoms with van der Waals surface area (Å²) in [4.78, 5) is 28.3. The summed E-state index contributed by atoms with van der Waals surface area (Å²) in [7, 11) is 3.09. The molecule has 356 valence electrons. The molecule has 2 N–H and O–H groups in total. The van der Waals surface area contributed by atoms with E-state index in [9.17, 15) is 8.78 Å². The lowest BCUT2D eigenvalue weighted by Crippen LogP contribution is -2.43. The maximum atomic E-state index is 17.9. The quantitative estimate of drug-likeness (QED) is 0.110. The van der Waals surface area contributed by atoms with Crippen LogP contribution < -0.4 is 34.5 Å². The van der Waals surface area contributed by atoms with E-state index in [1.165, 1.54) is 13.0 Å². The molecule has 7 heterocycles. The van der Waals surface area contributed by atoms with Crippen LogP contribution in [0.5, 0.6) is 23.4 Å². The van der Waals surface area contributed by atoms with Gasteiger partial charge in [-0.3, -0.25) is 4.90 Å². The number of hydrogen-bond donors (Lipinski definition) is 1. The minimum absolute atomic E-state index is 0.00343. The van der Waals surface area contributed by atoms with E-state index in [1.54, 1.807) is 61.7 Å². The van der Waals surface area contributed by atoms with E-state index in [2.05, 4.69) is 19.9 Å². The lowest BCUT2D eigenvalue weighted by atomic mass is 9.89. The second kappa shape index (κ2) is 16.9. The molecule has 2 saturated heterocycles. The molecule has 3 atom stereocenters. The Morgan fingerprint density at radius 2 is 1.59 bits per heavy atom. The number of alkyl halides is 5. The molecule has 1 saturated carbocycles. The van der Waals surface area contributed by atoms with Crippen molar-refractivity contribution in [1.82, 2.24) is 29.8 Å². The maximum absolute atomic E-state index is 17.9. The molecule has 4 aromatic heterocycles.